The normalized spacial score (nSPS) is 31.4. The highest BCUT2D eigenvalue weighted by atomic mass is 16.5. The quantitative estimate of drug-likeness (QED) is 0.407. The molecule has 2 N–H and O–H groups in total. The molecule has 0 radical (unpaired) electrons. The number of ether oxygens (including phenoxy) is 1. The van der Waals surface area contributed by atoms with Gasteiger partial charge in [-0.15, -0.1) is 0 Å². The van der Waals surface area contributed by atoms with E-state index >= 15 is 0 Å². The highest BCUT2D eigenvalue weighted by Gasteiger charge is 2.33. The molecule has 3 nitrogen and oxygen atoms in total. The lowest BCUT2D eigenvalue weighted by Crippen LogP contribution is -2.39. The van der Waals surface area contributed by atoms with Crippen molar-refractivity contribution >= 4 is 0 Å². The first-order valence-electron chi connectivity index (χ1n) is 12.7. The second kappa shape index (κ2) is 11.5. The summed E-state index contributed by atoms with van der Waals surface area (Å²) in [6, 6.07) is 0.650. The van der Waals surface area contributed by atoms with E-state index in [0.717, 1.165) is 25.2 Å². The van der Waals surface area contributed by atoms with Gasteiger partial charge in [-0.1, -0.05) is 36.8 Å². The van der Waals surface area contributed by atoms with Gasteiger partial charge in [0.1, 0.15) is 0 Å². The lowest BCUT2D eigenvalue weighted by atomic mass is 9.83. The Morgan fingerprint density at radius 1 is 1.13 bits per heavy atom. The van der Waals surface area contributed by atoms with E-state index in [1.165, 1.54) is 56.2 Å². The summed E-state index contributed by atoms with van der Waals surface area (Å²) in [5.74, 6) is 1.16. The third-order valence-electron chi connectivity index (χ3n) is 7.03. The molecule has 0 amide bonds. The van der Waals surface area contributed by atoms with E-state index in [4.69, 9.17) is 4.74 Å². The second-order valence-corrected chi connectivity index (χ2v) is 10.6. The number of allylic oxidation sites excluding steroid dienone is 6. The predicted molar refractivity (Wildman–Crippen MR) is 131 cm³/mol. The maximum absolute atomic E-state index is 9.58. The fraction of sp³-hybridized carbons (Fsp3) is 0.714. The van der Waals surface area contributed by atoms with Crippen LogP contribution in [-0.2, 0) is 4.74 Å². The van der Waals surface area contributed by atoms with Gasteiger partial charge in [0.2, 0.25) is 0 Å². The van der Waals surface area contributed by atoms with Crippen LogP contribution in [-0.4, -0.2) is 29.5 Å². The minimum Gasteiger partial charge on any atom is -0.396 e. The van der Waals surface area contributed by atoms with Crippen molar-refractivity contribution in [2.24, 2.45) is 11.8 Å². The first kappa shape index (κ1) is 24.3. The van der Waals surface area contributed by atoms with Crippen LogP contribution in [0.25, 0.3) is 0 Å². The smallest absolute Gasteiger partial charge is 0.0769 e. The molecule has 2 saturated carbocycles. The fourth-order valence-corrected chi connectivity index (χ4v) is 5.15. The van der Waals surface area contributed by atoms with Crippen molar-refractivity contribution in [3.8, 4) is 0 Å². The summed E-state index contributed by atoms with van der Waals surface area (Å²) in [5, 5.41) is 13.4. The van der Waals surface area contributed by atoms with Crippen molar-refractivity contribution in [3.05, 3.63) is 47.2 Å². The third kappa shape index (κ3) is 8.27. The van der Waals surface area contributed by atoms with Crippen molar-refractivity contribution < 1.29 is 9.84 Å². The van der Waals surface area contributed by atoms with E-state index in [1.807, 2.05) is 0 Å². The zero-order valence-corrected chi connectivity index (χ0v) is 20.3. The summed E-state index contributed by atoms with van der Waals surface area (Å²) < 4.78 is 6.20. The van der Waals surface area contributed by atoms with Gasteiger partial charge in [0.15, 0.2) is 0 Å². The Bertz CT molecular complexity index is 686. The molecule has 3 heteroatoms. The maximum Gasteiger partial charge on any atom is 0.0769 e. The zero-order chi connectivity index (χ0) is 22.3. The Morgan fingerprint density at radius 2 is 1.87 bits per heavy atom. The average Bonchev–Trinajstić information content (AvgIpc) is 3.59. The second-order valence-electron chi connectivity index (χ2n) is 10.6. The number of hydrogen-bond donors (Lipinski definition) is 2. The Kier molecular flexibility index (Phi) is 9.04. The van der Waals surface area contributed by atoms with Crippen molar-refractivity contribution in [2.45, 2.75) is 110 Å². The summed E-state index contributed by atoms with van der Waals surface area (Å²) >= 11 is 0. The van der Waals surface area contributed by atoms with Crippen molar-refractivity contribution in [1.29, 1.82) is 0 Å². The highest BCUT2D eigenvalue weighted by molar-refractivity contribution is 5.32. The van der Waals surface area contributed by atoms with Gasteiger partial charge in [-0.25, -0.2) is 0 Å². The van der Waals surface area contributed by atoms with Crippen molar-refractivity contribution in [3.63, 3.8) is 0 Å². The van der Waals surface area contributed by atoms with E-state index < -0.39 is 0 Å². The van der Waals surface area contributed by atoms with Crippen LogP contribution in [0.5, 0.6) is 0 Å². The van der Waals surface area contributed by atoms with Gasteiger partial charge < -0.3 is 15.2 Å². The molecule has 3 aliphatic rings. The molecule has 2 aliphatic carbocycles. The number of aliphatic hydroxyl groups is 1. The molecule has 1 heterocycles. The van der Waals surface area contributed by atoms with Gasteiger partial charge in [-0.3, -0.25) is 0 Å². The minimum atomic E-state index is -0.146. The third-order valence-corrected chi connectivity index (χ3v) is 7.03. The number of hydrogen-bond acceptors (Lipinski definition) is 3. The SMILES string of the molecule is CC/C=C\C(NC1CCC(C/C=C(C)/C=C/C2CC(CO)CC(C)(C)O2)CC1)=C1CC1. The van der Waals surface area contributed by atoms with Gasteiger partial charge in [0, 0.05) is 18.3 Å². The van der Waals surface area contributed by atoms with Crippen LogP contribution in [0.2, 0.25) is 0 Å². The van der Waals surface area contributed by atoms with Gasteiger partial charge >= 0.3 is 0 Å². The summed E-state index contributed by atoms with van der Waals surface area (Å²) in [4.78, 5) is 0. The van der Waals surface area contributed by atoms with Crippen LogP contribution in [0.3, 0.4) is 0 Å². The molecular weight excluding hydrogens is 382 g/mol. The van der Waals surface area contributed by atoms with E-state index in [9.17, 15) is 5.11 Å². The summed E-state index contributed by atoms with van der Waals surface area (Å²) in [6.45, 7) is 8.93. The number of aliphatic hydroxyl groups excluding tert-OH is 1. The molecule has 31 heavy (non-hydrogen) atoms. The van der Waals surface area contributed by atoms with Crippen LogP contribution < -0.4 is 5.32 Å². The highest BCUT2D eigenvalue weighted by Crippen LogP contribution is 2.34. The van der Waals surface area contributed by atoms with Crippen molar-refractivity contribution in [2.75, 3.05) is 6.61 Å². The molecule has 2 unspecified atom stereocenters. The Morgan fingerprint density at radius 3 is 2.52 bits per heavy atom. The molecule has 1 aliphatic heterocycles. The minimum absolute atomic E-state index is 0.113. The molecule has 0 bridgehead atoms. The van der Waals surface area contributed by atoms with Gasteiger partial charge in [0.25, 0.3) is 0 Å². The molecule has 3 fully saturated rings. The lowest BCUT2D eigenvalue weighted by Gasteiger charge is -2.39. The molecule has 174 valence electrons. The van der Waals surface area contributed by atoms with Crippen LogP contribution in [0.4, 0.5) is 0 Å². The summed E-state index contributed by atoms with van der Waals surface area (Å²) in [7, 11) is 0. The van der Waals surface area contributed by atoms with E-state index in [0.29, 0.717) is 12.0 Å². The lowest BCUT2D eigenvalue weighted by molar-refractivity contribution is -0.112. The van der Waals surface area contributed by atoms with E-state index in [2.05, 4.69) is 63.4 Å². The Hall–Kier alpha value is -1.32. The zero-order valence-electron chi connectivity index (χ0n) is 20.3. The Balaban J connectivity index is 1.41. The molecule has 3 rings (SSSR count). The van der Waals surface area contributed by atoms with Gasteiger partial charge in [-0.2, -0.15) is 0 Å². The standard InChI is InChI=1S/C28H45NO2/c1-5-6-7-27(24-13-14-24)29-25-15-11-22(12-16-25)10-8-21(2)9-17-26-18-23(20-30)19-28(3,4)31-26/h6-9,17,22-23,25-26,29-30H,5,10-16,18-20H2,1-4H3/b7-6-,17-9+,21-8+. The van der Waals surface area contributed by atoms with Crippen LogP contribution >= 0.6 is 0 Å². The van der Waals surface area contributed by atoms with E-state index in [1.54, 1.807) is 5.57 Å². The molecular formula is C28H45NO2. The number of rotatable bonds is 9. The first-order valence-corrected chi connectivity index (χ1v) is 12.7. The Labute approximate surface area is 190 Å². The first-order chi connectivity index (χ1) is 14.9. The van der Waals surface area contributed by atoms with Crippen LogP contribution in [0, 0.1) is 11.8 Å². The number of nitrogens with one attached hydrogen (secondary N) is 1. The van der Waals surface area contributed by atoms with Gasteiger partial charge in [-0.05, 0) is 108 Å². The largest absolute Gasteiger partial charge is 0.396 e. The average molecular weight is 428 g/mol. The topological polar surface area (TPSA) is 41.5 Å². The molecule has 0 aromatic carbocycles. The van der Waals surface area contributed by atoms with E-state index in [-0.39, 0.29) is 18.3 Å². The maximum atomic E-state index is 9.58. The van der Waals surface area contributed by atoms with Crippen LogP contribution in [0.15, 0.2) is 47.2 Å². The molecule has 0 aromatic rings. The van der Waals surface area contributed by atoms with Crippen LogP contribution in [0.1, 0.15) is 91.9 Å². The molecule has 2 atom stereocenters. The summed E-state index contributed by atoms with van der Waals surface area (Å²) in [6.07, 6.45) is 23.5. The fourth-order valence-electron chi connectivity index (χ4n) is 5.15. The predicted octanol–water partition coefficient (Wildman–Crippen LogP) is 6.61. The van der Waals surface area contributed by atoms with Gasteiger partial charge in [0.05, 0.1) is 11.7 Å². The molecule has 1 saturated heterocycles. The molecule has 0 spiro atoms. The summed E-state index contributed by atoms with van der Waals surface area (Å²) in [5.41, 5.74) is 4.22. The van der Waals surface area contributed by atoms with Crippen molar-refractivity contribution in [1.82, 2.24) is 5.32 Å². The monoisotopic (exact) mass is 427 g/mol. The molecule has 0 aromatic heterocycles.